The van der Waals surface area contributed by atoms with Gasteiger partial charge in [-0.1, -0.05) is 13.0 Å². The van der Waals surface area contributed by atoms with E-state index in [0.29, 0.717) is 5.84 Å². The van der Waals surface area contributed by atoms with Crippen LogP contribution in [0.1, 0.15) is 30.2 Å². The summed E-state index contributed by atoms with van der Waals surface area (Å²) in [4.78, 5) is 8.51. The second kappa shape index (κ2) is 4.74. The van der Waals surface area contributed by atoms with Crippen LogP contribution in [-0.4, -0.2) is 17.4 Å². The lowest BCUT2D eigenvalue weighted by molar-refractivity contribution is 0.928. The SMILES string of the molecule is CCCN=C(N)c1ncc(C)cc1C. The van der Waals surface area contributed by atoms with E-state index in [-0.39, 0.29) is 0 Å². The molecule has 0 bridgehead atoms. The van der Waals surface area contributed by atoms with E-state index in [9.17, 15) is 0 Å². The Kier molecular flexibility index (Phi) is 3.63. The molecule has 0 unspecified atom stereocenters. The molecule has 1 rings (SSSR count). The van der Waals surface area contributed by atoms with Gasteiger partial charge in [0.1, 0.15) is 11.5 Å². The zero-order valence-corrected chi connectivity index (χ0v) is 9.04. The Morgan fingerprint density at radius 1 is 1.50 bits per heavy atom. The molecule has 0 aliphatic rings. The number of aromatic nitrogens is 1. The summed E-state index contributed by atoms with van der Waals surface area (Å²) in [6, 6.07) is 2.07. The van der Waals surface area contributed by atoms with Gasteiger partial charge in [0, 0.05) is 12.7 Å². The van der Waals surface area contributed by atoms with E-state index < -0.39 is 0 Å². The van der Waals surface area contributed by atoms with Crippen molar-refractivity contribution in [1.82, 2.24) is 4.98 Å². The van der Waals surface area contributed by atoms with Crippen LogP contribution in [0.3, 0.4) is 0 Å². The van der Waals surface area contributed by atoms with Crippen LogP contribution >= 0.6 is 0 Å². The molecule has 0 radical (unpaired) electrons. The van der Waals surface area contributed by atoms with E-state index in [2.05, 4.69) is 23.0 Å². The van der Waals surface area contributed by atoms with Crippen molar-refractivity contribution in [3.05, 3.63) is 29.1 Å². The third-order valence-corrected chi connectivity index (χ3v) is 1.96. The smallest absolute Gasteiger partial charge is 0.144 e. The third kappa shape index (κ3) is 2.55. The standard InChI is InChI=1S/C11H17N3/c1-4-5-13-11(12)10-9(3)6-8(2)7-14-10/h6-7H,4-5H2,1-3H3,(H2,12,13). The van der Waals surface area contributed by atoms with Crippen molar-refractivity contribution in [2.45, 2.75) is 27.2 Å². The minimum absolute atomic E-state index is 0.546. The van der Waals surface area contributed by atoms with Crippen molar-refractivity contribution in [1.29, 1.82) is 0 Å². The molecule has 0 aliphatic carbocycles. The molecular weight excluding hydrogens is 174 g/mol. The molecule has 14 heavy (non-hydrogen) atoms. The van der Waals surface area contributed by atoms with Gasteiger partial charge in [-0.05, 0) is 31.4 Å². The summed E-state index contributed by atoms with van der Waals surface area (Å²) in [6.07, 6.45) is 2.82. The van der Waals surface area contributed by atoms with Crippen LogP contribution in [0.2, 0.25) is 0 Å². The predicted octanol–water partition coefficient (Wildman–Crippen LogP) is 1.81. The molecule has 0 fully saturated rings. The Balaban J connectivity index is 2.95. The lowest BCUT2D eigenvalue weighted by Gasteiger charge is -2.04. The molecular formula is C11H17N3. The van der Waals surface area contributed by atoms with E-state index in [0.717, 1.165) is 29.8 Å². The Hall–Kier alpha value is -1.38. The van der Waals surface area contributed by atoms with Crippen LogP contribution in [0, 0.1) is 13.8 Å². The van der Waals surface area contributed by atoms with Crippen LogP contribution in [0.5, 0.6) is 0 Å². The normalized spacial score (nSPS) is 11.8. The average molecular weight is 191 g/mol. The van der Waals surface area contributed by atoms with Crippen LogP contribution in [0.4, 0.5) is 0 Å². The second-order valence-electron chi connectivity index (χ2n) is 3.45. The summed E-state index contributed by atoms with van der Waals surface area (Å²) in [6.45, 7) is 6.86. The first-order chi connectivity index (χ1) is 6.65. The van der Waals surface area contributed by atoms with Crippen molar-refractivity contribution in [3.8, 4) is 0 Å². The van der Waals surface area contributed by atoms with Crippen LogP contribution < -0.4 is 5.73 Å². The minimum Gasteiger partial charge on any atom is -0.382 e. The van der Waals surface area contributed by atoms with Gasteiger partial charge in [-0.3, -0.25) is 9.98 Å². The van der Waals surface area contributed by atoms with E-state index in [1.54, 1.807) is 0 Å². The first-order valence-corrected chi connectivity index (χ1v) is 4.88. The maximum atomic E-state index is 5.82. The highest BCUT2D eigenvalue weighted by Gasteiger charge is 2.03. The van der Waals surface area contributed by atoms with Crippen molar-refractivity contribution >= 4 is 5.84 Å². The topological polar surface area (TPSA) is 51.3 Å². The fourth-order valence-electron chi connectivity index (χ4n) is 1.29. The molecule has 0 amide bonds. The molecule has 1 aromatic heterocycles. The second-order valence-corrected chi connectivity index (χ2v) is 3.45. The highest BCUT2D eigenvalue weighted by Crippen LogP contribution is 2.06. The first kappa shape index (κ1) is 10.7. The summed E-state index contributed by atoms with van der Waals surface area (Å²) >= 11 is 0. The highest BCUT2D eigenvalue weighted by atomic mass is 14.9. The molecule has 0 aliphatic heterocycles. The zero-order chi connectivity index (χ0) is 10.6. The van der Waals surface area contributed by atoms with E-state index in [4.69, 9.17) is 5.73 Å². The number of hydrogen-bond acceptors (Lipinski definition) is 2. The number of hydrogen-bond donors (Lipinski definition) is 1. The van der Waals surface area contributed by atoms with Crippen molar-refractivity contribution < 1.29 is 0 Å². The first-order valence-electron chi connectivity index (χ1n) is 4.88. The van der Waals surface area contributed by atoms with Gasteiger partial charge in [-0.15, -0.1) is 0 Å². The summed E-state index contributed by atoms with van der Waals surface area (Å²) in [5.41, 5.74) is 8.86. The molecule has 2 N–H and O–H groups in total. The van der Waals surface area contributed by atoms with Gasteiger partial charge in [-0.2, -0.15) is 0 Å². The maximum Gasteiger partial charge on any atom is 0.144 e. The van der Waals surface area contributed by atoms with Crippen molar-refractivity contribution in [3.63, 3.8) is 0 Å². The van der Waals surface area contributed by atoms with Gasteiger partial charge in [0.15, 0.2) is 0 Å². The predicted molar refractivity (Wildman–Crippen MR) is 59.6 cm³/mol. The van der Waals surface area contributed by atoms with Crippen molar-refractivity contribution in [2.75, 3.05) is 6.54 Å². The van der Waals surface area contributed by atoms with Crippen LogP contribution in [-0.2, 0) is 0 Å². The van der Waals surface area contributed by atoms with Crippen LogP contribution in [0.25, 0.3) is 0 Å². The Morgan fingerprint density at radius 2 is 2.21 bits per heavy atom. The summed E-state index contributed by atoms with van der Waals surface area (Å²) in [5, 5.41) is 0. The quantitative estimate of drug-likeness (QED) is 0.585. The number of aryl methyl sites for hydroxylation is 2. The van der Waals surface area contributed by atoms with Gasteiger partial charge in [0.05, 0.1) is 0 Å². The summed E-state index contributed by atoms with van der Waals surface area (Å²) in [5.74, 6) is 0.546. The molecule has 76 valence electrons. The van der Waals surface area contributed by atoms with Gasteiger partial charge >= 0.3 is 0 Å². The fourth-order valence-corrected chi connectivity index (χ4v) is 1.29. The van der Waals surface area contributed by atoms with Gasteiger partial charge in [0.2, 0.25) is 0 Å². The number of amidine groups is 1. The van der Waals surface area contributed by atoms with E-state index >= 15 is 0 Å². The van der Waals surface area contributed by atoms with Crippen LogP contribution in [0.15, 0.2) is 17.3 Å². The van der Waals surface area contributed by atoms with E-state index in [1.807, 2.05) is 20.0 Å². The molecule has 0 saturated heterocycles. The number of aliphatic imine (C=N–C) groups is 1. The molecule has 0 atom stereocenters. The number of nitrogens with zero attached hydrogens (tertiary/aromatic N) is 2. The Bertz CT molecular complexity index is 342. The molecule has 1 aromatic rings. The minimum atomic E-state index is 0.546. The van der Waals surface area contributed by atoms with E-state index in [1.165, 1.54) is 0 Å². The number of pyridine rings is 1. The lowest BCUT2D eigenvalue weighted by atomic mass is 10.1. The zero-order valence-electron chi connectivity index (χ0n) is 9.04. The van der Waals surface area contributed by atoms with Crippen molar-refractivity contribution in [2.24, 2.45) is 10.7 Å². The number of rotatable bonds is 3. The Labute approximate surface area is 85.1 Å². The largest absolute Gasteiger partial charge is 0.382 e. The lowest BCUT2D eigenvalue weighted by Crippen LogP contribution is -2.17. The number of nitrogens with two attached hydrogens (primary N) is 1. The molecule has 3 nitrogen and oxygen atoms in total. The highest BCUT2D eigenvalue weighted by molar-refractivity contribution is 5.96. The summed E-state index contributed by atoms with van der Waals surface area (Å²) < 4.78 is 0. The molecule has 0 saturated carbocycles. The van der Waals surface area contributed by atoms with Gasteiger partial charge in [-0.25, -0.2) is 0 Å². The fraction of sp³-hybridized carbons (Fsp3) is 0.455. The average Bonchev–Trinajstić information content (AvgIpc) is 2.14. The third-order valence-electron chi connectivity index (χ3n) is 1.96. The molecule has 3 heteroatoms. The van der Waals surface area contributed by atoms with Gasteiger partial charge < -0.3 is 5.73 Å². The monoisotopic (exact) mass is 191 g/mol. The van der Waals surface area contributed by atoms with Gasteiger partial charge in [0.25, 0.3) is 0 Å². The summed E-state index contributed by atoms with van der Waals surface area (Å²) in [7, 11) is 0. The Morgan fingerprint density at radius 3 is 2.79 bits per heavy atom. The maximum absolute atomic E-state index is 5.82. The molecule has 0 aromatic carbocycles. The molecule has 1 heterocycles. The molecule has 0 spiro atoms.